The van der Waals surface area contributed by atoms with E-state index in [9.17, 15) is 4.79 Å². The largest absolute Gasteiger partial charge is 0.393 e. The Balaban J connectivity index is 2.77. The molecule has 0 bridgehead atoms. The number of benzene rings is 1. The maximum atomic E-state index is 11.4. The molecule has 0 heterocycles. The number of carbonyl (C=O) groups excluding carboxylic acids is 1. The summed E-state index contributed by atoms with van der Waals surface area (Å²) in [6.07, 6.45) is 0.0707. The van der Waals surface area contributed by atoms with Gasteiger partial charge in [-0.25, -0.2) is 0 Å². The standard InChI is InChI=1S/C10H11BrN2OS/c1-6-7(11)3-2-4-8(6)13-10(14)5-9(12)15/h2-4H,5H2,1H3,(H2,12,15)(H,13,14). The number of amides is 1. The van der Waals surface area contributed by atoms with Crippen LogP contribution in [0, 0.1) is 6.92 Å². The van der Waals surface area contributed by atoms with Gasteiger partial charge in [0.05, 0.1) is 11.4 Å². The Morgan fingerprint density at radius 1 is 1.60 bits per heavy atom. The van der Waals surface area contributed by atoms with Crippen LogP contribution >= 0.6 is 28.1 Å². The number of rotatable bonds is 3. The Morgan fingerprint density at radius 2 is 2.27 bits per heavy atom. The number of hydrogen-bond acceptors (Lipinski definition) is 2. The summed E-state index contributed by atoms with van der Waals surface area (Å²) >= 11 is 8.04. The molecule has 0 aliphatic heterocycles. The van der Waals surface area contributed by atoms with Crippen LogP contribution in [0.2, 0.25) is 0 Å². The van der Waals surface area contributed by atoms with Gasteiger partial charge in [-0.05, 0) is 24.6 Å². The SMILES string of the molecule is Cc1c(Br)cccc1NC(=O)CC(N)=S. The van der Waals surface area contributed by atoms with Crippen LogP contribution in [0.15, 0.2) is 22.7 Å². The molecule has 0 saturated carbocycles. The zero-order chi connectivity index (χ0) is 11.4. The summed E-state index contributed by atoms with van der Waals surface area (Å²) in [6, 6.07) is 5.60. The molecular weight excluding hydrogens is 276 g/mol. The second-order valence-electron chi connectivity index (χ2n) is 3.10. The van der Waals surface area contributed by atoms with E-state index in [-0.39, 0.29) is 17.3 Å². The topological polar surface area (TPSA) is 55.1 Å². The fourth-order valence-electron chi connectivity index (χ4n) is 1.10. The third-order valence-electron chi connectivity index (χ3n) is 1.88. The van der Waals surface area contributed by atoms with Gasteiger partial charge in [0.15, 0.2) is 0 Å². The number of thiocarbonyl (C=S) groups is 1. The van der Waals surface area contributed by atoms with Crippen LogP contribution in [0.5, 0.6) is 0 Å². The summed E-state index contributed by atoms with van der Waals surface area (Å²) in [4.78, 5) is 11.6. The molecule has 80 valence electrons. The highest BCUT2D eigenvalue weighted by Crippen LogP contribution is 2.23. The number of hydrogen-bond donors (Lipinski definition) is 2. The number of anilines is 1. The Morgan fingerprint density at radius 3 is 2.87 bits per heavy atom. The van der Waals surface area contributed by atoms with Crippen LogP contribution in [0.4, 0.5) is 5.69 Å². The summed E-state index contributed by atoms with van der Waals surface area (Å²) in [5.41, 5.74) is 7.03. The number of halogens is 1. The van der Waals surface area contributed by atoms with Crippen molar-refractivity contribution >= 4 is 44.7 Å². The highest BCUT2D eigenvalue weighted by atomic mass is 79.9. The lowest BCUT2D eigenvalue weighted by molar-refractivity contribution is -0.115. The molecule has 1 rings (SSSR count). The monoisotopic (exact) mass is 286 g/mol. The number of carbonyl (C=O) groups is 1. The second-order valence-corrected chi connectivity index (χ2v) is 4.48. The van der Waals surface area contributed by atoms with Crippen molar-refractivity contribution in [2.24, 2.45) is 5.73 Å². The average Bonchev–Trinajstić information content (AvgIpc) is 2.11. The summed E-state index contributed by atoms with van der Waals surface area (Å²) < 4.78 is 0.954. The maximum absolute atomic E-state index is 11.4. The van der Waals surface area contributed by atoms with Crippen molar-refractivity contribution in [1.29, 1.82) is 0 Å². The molecule has 1 amide bonds. The summed E-state index contributed by atoms with van der Waals surface area (Å²) in [6.45, 7) is 1.92. The predicted octanol–water partition coefficient (Wildman–Crippen LogP) is 2.37. The minimum absolute atomic E-state index is 0.0707. The zero-order valence-electron chi connectivity index (χ0n) is 8.21. The number of nitrogens with one attached hydrogen (secondary N) is 1. The lowest BCUT2D eigenvalue weighted by Crippen LogP contribution is -2.20. The van der Waals surface area contributed by atoms with E-state index in [0.717, 1.165) is 15.7 Å². The van der Waals surface area contributed by atoms with Crippen LogP contribution in [-0.4, -0.2) is 10.9 Å². The molecule has 0 saturated heterocycles. The molecule has 1 aromatic carbocycles. The Hall–Kier alpha value is -0.940. The van der Waals surface area contributed by atoms with Gasteiger partial charge in [-0.2, -0.15) is 0 Å². The molecule has 0 aliphatic carbocycles. The van der Waals surface area contributed by atoms with Gasteiger partial charge in [-0.3, -0.25) is 4.79 Å². The van der Waals surface area contributed by atoms with E-state index in [0.29, 0.717) is 0 Å². The highest BCUT2D eigenvalue weighted by Gasteiger charge is 2.06. The molecule has 0 fully saturated rings. The molecule has 1 aromatic rings. The quantitative estimate of drug-likeness (QED) is 0.839. The Kier molecular flexibility index (Phi) is 4.23. The Labute approximate surface area is 102 Å². The van der Waals surface area contributed by atoms with E-state index in [2.05, 4.69) is 33.5 Å². The molecule has 15 heavy (non-hydrogen) atoms. The minimum Gasteiger partial charge on any atom is -0.393 e. The van der Waals surface area contributed by atoms with E-state index >= 15 is 0 Å². The Bertz CT molecular complexity index is 406. The molecule has 3 nitrogen and oxygen atoms in total. The van der Waals surface area contributed by atoms with Gasteiger partial charge in [0.25, 0.3) is 0 Å². The van der Waals surface area contributed by atoms with Crippen molar-refractivity contribution in [3.63, 3.8) is 0 Å². The highest BCUT2D eigenvalue weighted by molar-refractivity contribution is 9.10. The van der Waals surface area contributed by atoms with Crippen molar-refractivity contribution in [1.82, 2.24) is 0 Å². The molecular formula is C10H11BrN2OS. The smallest absolute Gasteiger partial charge is 0.231 e. The van der Waals surface area contributed by atoms with E-state index in [1.165, 1.54) is 0 Å². The van der Waals surface area contributed by atoms with Crippen molar-refractivity contribution in [2.75, 3.05) is 5.32 Å². The molecule has 0 aliphatic rings. The van der Waals surface area contributed by atoms with Crippen molar-refractivity contribution in [3.05, 3.63) is 28.2 Å². The van der Waals surface area contributed by atoms with Crippen molar-refractivity contribution < 1.29 is 4.79 Å². The molecule has 0 aromatic heterocycles. The van der Waals surface area contributed by atoms with Crippen molar-refractivity contribution in [3.8, 4) is 0 Å². The molecule has 5 heteroatoms. The normalized spacial score (nSPS) is 9.73. The van der Waals surface area contributed by atoms with Crippen LogP contribution in [0.25, 0.3) is 0 Å². The fraction of sp³-hybridized carbons (Fsp3) is 0.200. The third-order valence-corrected chi connectivity index (χ3v) is 2.88. The first kappa shape index (κ1) is 12.1. The maximum Gasteiger partial charge on any atom is 0.231 e. The van der Waals surface area contributed by atoms with Gasteiger partial charge in [0.1, 0.15) is 0 Å². The summed E-state index contributed by atoms with van der Waals surface area (Å²) in [7, 11) is 0. The van der Waals surface area contributed by atoms with Gasteiger partial charge in [-0.1, -0.05) is 34.2 Å². The second kappa shape index (κ2) is 5.23. The van der Waals surface area contributed by atoms with Gasteiger partial charge >= 0.3 is 0 Å². The average molecular weight is 287 g/mol. The first-order valence-electron chi connectivity index (χ1n) is 4.34. The molecule has 0 atom stereocenters. The van der Waals surface area contributed by atoms with Crippen LogP contribution < -0.4 is 11.1 Å². The van der Waals surface area contributed by atoms with Crippen LogP contribution in [-0.2, 0) is 4.79 Å². The summed E-state index contributed by atoms with van der Waals surface area (Å²) in [5, 5.41) is 2.75. The first-order chi connectivity index (χ1) is 7.00. The van der Waals surface area contributed by atoms with Crippen LogP contribution in [0.1, 0.15) is 12.0 Å². The van der Waals surface area contributed by atoms with Gasteiger partial charge in [0, 0.05) is 10.2 Å². The summed E-state index contributed by atoms with van der Waals surface area (Å²) in [5.74, 6) is -0.191. The van der Waals surface area contributed by atoms with E-state index in [1.54, 1.807) is 0 Å². The zero-order valence-corrected chi connectivity index (χ0v) is 10.6. The predicted molar refractivity (Wildman–Crippen MR) is 68.9 cm³/mol. The molecule has 3 N–H and O–H groups in total. The first-order valence-corrected chi connectivity index (χ1v) is 5.54. The van der Waals surface area contributed by atoms with E-state index < -0.39 is 0 Å². The fourth-order valence-corrected chi connectivity index (χ4v) is 1.59. The molecule has 0 unspecified atom stereocenters. The lowest BCUT2D eigenvalue weighted by atomic mass is 10.2. The molecule has 0 spiro atoms. The third kappa shape index (κ3) is 3.60. The van der Waals surface area contributed by atoms with Gasteiger partial charge < -0.3 is 11.1 Å². The van der Waals surface area contributed by atoms with E-state index in [4.69, 9.17) is 5.73 Å². The lowest BCUT2D eigenvalue weighted by Gasteiger charge is -2.08. The minimum atomic E-state index is -0.191. The number of nitrogens with two attached hydrogens (primary N) is 1. The van der Waals surface area contributed by atoms with Gasteiger partial charge in [-0.15, -0.1) is 0 Å². The molecule has 0 radical (unpaired) electrons. The van der Waals surface area contributed by atoms with Crippen molar-refractivity contribution in [2.45, 2.75) is 13.3 Å². The van der Waals surface area contributed by atoms with E-state index in [1.807, 2.05) is 25.1 Å². The van der Waals surface area contributed by atoms with Gasteiger partial charge in [0.2, 0.25) is 5.91 Å². The van der Waals surface area contributed by atoms with Crippen LogP contribution in [0.3, 0.4) is 0 Å².